The number of hydrogen-bond acceptors (Lipinski definition) is 13. The normalized spacial score (nSPS) is 14.5. The summed E-state index contributed by atoms with van der Waals surface area (Å²) in [5, 5.41) is 55.9. The predicted molar refractivity (Wildman–Crippen MR) is 279 cm³/mol. The minimum absolute atomic E-state index is 0.243. The van der Waals surface area contributed by atoms with Crippen molar-refractivity contribution in [2.24, 2.45) is 11.7 Å². The molecule has 0 aromatic rings. The highest BCUT2D eigenvalue weighted by Crippen LogP contribution is 2.15. The molecule has 14 N–H and O–H groups in total. The molecular formula is C51H87N9O17. The zero-order valence-electron chi connectivity index (χ0n) is 45.6. The Morgan fingerprint density at radius 1 is 0.351 bits per heavy atom. The Balaban J connectivity index is 5.68. The van der Waals surface area contributed by atoms with E-state index in [0.29, 0.717) is 12.8 Å². The number of hydrogen-bond donors (Lipinski definition) is 13. The van der Waals surface area contributed by atoms with E-state index in [1.807, 2.05) is 6.92 Å². The molecule has 0 rings (SSSR count). The summed E-state index contributed by atoms with van der Waals surface area (Å²) in [7, 11) is 0. The first-order valence-electron chi connectivity index (χ1n) is 26.8. The molecule has 0 aromatic heterocycles. The second-order valence-electron chi connectivity index (χ2n) is 19.5. The van der Waals surface area contributed by atoms with Crippen LogP contribution in [-0.4, -0.2) is 146 Å². The predicted octanol–water partition coefficient (Wildman–Crippen LogP) is 1.40. The van der Waals surface area contributed by atoms with Crippen molar-refractivity contribution in [2.75, 3.05) is 0 Å². The van der Waals surface area contributed by atoms with Crippen LogP contribution in [0.3, 0.4) is 0 Å². The summed E-state index contributed by atoms with van der Waals surface area (Å²) < 4.78 is 0. The molecule has 0 radical (unpaired) electrons. The number of carbonyl (C=O) groups excluding carboxylic acids is 9. The van der Waals surface area contributed by atoms with Crippen LogP contribution in [0.25, 0.3) is 0 Å². The van der Waals surface area contributed by atoms with Crippen molar-refractivity contribution in [3.8, 4) is 0 Å². The van der Waals surface area contributed by atoms with Crippen LogP contribution in [0.15, 0.2) is 0 Å². The molecule has 0 heterocycles. The number of carboxylic acid groups (broad SMARTS) is 4. The maximum absolute atomic E-state index is 13.6. The van der Waals surface area contributed by atoms with E-state index >= 15 is 0 Å². The van der Waals surface area contributed by atoms with E-state index in [4.69, 9.17) is 10.8 Å². The van der Waals surface area contributed by atoms with E-state index < -0.39 is 171 Å². The van der Waals surface area contributed by atoms with Gasteiger partial charge in [0.15, 0.2) is 0 Å². The van der Waals surface area contributed by atoms with Gasteiger partial charge in [0, 0.05) is 32.1 Å². The van der Waals surface area contributed by atoms with Gasteiger partial charge in [0.2, 0.25) is 53.2 Å². The third-order valence-corrected chi connectivity index (χ3v) is 12.7. The van der Waals surface area contributed by atoms with Crippen LogP contribution in [-0.2, 0) is 62.3 Å². The van der Waals surface area contributed by atoms with Gasteiger partial charge in [-0.1, -0.05) is 104 Å². The molecule has 0 spiro atoms. The third-order valence-electron chi connectivity index (χ3n) is 12.7. The second-order valence-corrected chi connectivity index (χ2v) is 19.5. The summed E-state index contributed by atoms with van der Waals surface area (Å²) >= 11 is 0. The van der Waals surface area contributed by atoms with Gasteiger partial charge < -0.3 is 68.7 Å². The van der Waals surface area contributed by atoms with Gasteiger partial charge in [-0.15, -0.1) is 0 Å². The summed E-state index contributed by atoms with van der Waals surface area (Å²) in [4.78, 5) is 164. The lowest BCUT2D eigenvalue weighted by molar-refractivity contribution is -0.140. The lowest BCUT2D eigenvalue weighted by atomic mass is 9.97. The first-order valence-corrected chi connectivity index (χ1v) is 26.8. The number of unbranched alkanes of at least 4 members (excludes halogenated alkanes) is 12. The molecule has 0 unspecified atom stereocenters. The number of carboxylic acids is 4. The molecule has 9 atom stereocenters. The number of nitrogens with two attached hydrogens (primary N) is 1. The SMILES string of the molecule is CCCCCCCCCCCCCCCC(=O)N[C@H](C(=O)N[C@@H](C)C(=O)N[C@@H](C)C(=O)N[C@@H](C)C(=O)N[C@@H](CCC(=O)O)C(=O)N[C@@H](CCC(=O)O)C(=O)N[C@@H](CCC(=O)O)C(=O)N[C@@H](CCC(=O)O)C(N)=O)[C@@H](C)CC. The van der Waals surface area contributed by atoms with Crippen molar-refractivity contribution in [3.63, 3.8) is 0 Å². The lowest BCUT2D eigenvalue weighted by Crippen LogP contribution is -2.59. The molecule has 0 saturated carbocycles. The summed E-state index contributed by atoms with van der Waals surface area (Å²) in [5.74, 6) is -14.4. The number of nitrogens with one attached hydrogen (secondary N) is 8. The fourth-order valence-corrected chi connectivity index (χ4v) is 7.70. The van der Waals surface area contributed by atoms with Crippen LogP contribution in [0.4, 0.5) is 0 Å². The van der Waals surface area contributed by atoms with Crippen molar-refractivity contribution in [1.82, 2.24) is 42.5 Å². The first kappa shape index (κ1) is 70.1. The molecule has 0 saturated heterocycles. The lowest BCUT2D eigenvalue weighted by Gasteiger charge is -2.27. The highest BCUT2D eigenvalue weighted by Gasteiger charge is 2.34. The van der Waals surface area contributed by atoms with Gasteiger partial charge in [-0.2, -0.15) is 0 Å². The molecule has 26 heteroatoms. The number of rotatable bonds is 44. The third kappa shape index (κ3) is 32.3. The highest BCUT2D eigenvalue weighted by atomic mass is 16.4. The molecule has 438 valence electrons. The molecule has 26 nitrogen and oxygen atoms in total. The van der Waals surface area contributed by atoms with Crippen LogP contribution in [0.5, 0.6) is 0 Å². The molecule has 0 aliphatic carbocycles. The van der Waals surface area contributed by atoms with Crippen LogP contribution in [0, 0.1) is 5.92 Å². The molecule has 0 fully saturated rings. The van der Waals surface area contributed by atoms with Crippen LogP contribution >= 0.6 is 0 Å². The van der Waals surface area contributed by atoms with E-state index in [2.05, 4.69) is 49.5 Å². The average Bonchev–Trinajstić information content (AvgIpc) is 3.35. The van der Waals surface area contributed by atoms with Crippen LogP contribution < -0.4 is 48.3 Å². The largest absolute Gasteiger partial charge is 0.481 e. The van der Waals surface area contributed by atoms with E-state index in [9.17, 15) is 77.6 Å². The molecule has 0 aliphatic rings. The maximum Gasteiger partial charge on any atom is 0.303 e. The summed E-state index contributed by atoms with van der Waals surface area (Å²) in [6.45, 7) is 9.70. The molecule has 0 aliphatic heterocycles. The van der Waals surface area contributed by atoms with Gasteiger partial charge in [-0.3, -0.25) is 62.3 Å². The molecule has 9 amide bonds. The fraction of sp³-hybridized carbons (Fsp3) is 0.745. The van der Waals surface area contributed by atoms with Crippen molar-refractivity contribution in [3.05, 3.63) is 0 Å². The molecular weight excluding hydrogens is 1010 g/mol. The summed E-state index contributed by atoms with van der Waals surface area (Å²) in [6, 6.07) is -11.8. The molecule has 0 aromatic carbocycles. The Kier molecular flexibility index (Phi) is 36.0. The second kappa shape index (κ2) is 39.5. The van der Waals surface area contributed by atoms with Crippen molar-refractivity contribution >= 4 is 77.0 Å². The highest BCUT2D eigenvalue weighted by molar-refractivity contribution is 5.98. The fourth-order valence-electron chi connectivity index (χ4n) is 7.70. The van der Waals surface area contributed by atoms with E-state index in [0.717, 1.165) is 19.3 Å². The van der Waals surface area contributed by atoms with Gasteiger partial charge >= 0.3 is 23.9 Å². The number of amides is 9. The van der Waals surface area contributed by atoms with Gasteiger partial charge in [0.05, 0.1) is 0 Å². The van der Waals surface area contributed by atoms with E-state index in [1.165, 1.54) is 78.6 Å². The Hall–Kier alpha value is -6.89. The van der Waals surface area contributed by atoms with E-state index in [1.54, 1.807) is 6.92 Å². The number of aliphatic carboxylic acids is 4. The van der Waals surface area contributed by atoms with Gasteiger partial charge in [-0.05, 0) is 58.8 Å². The zero-order valence-corrected chi connectivity index (χ0v) is 45.6. The Bertz CT molecular complexity index is 1970. The Morgan fingerprint density at radius 2 is 0.636 bits per heavy atom. The maximum atomic E-state index is 13.6. The van der Waals surface area contributed by atoms with Gasteiger partial charge in [0.25, 0.3) is 0 Å². The van der Waals surface area contributed by atoms with Crippen molar-refractivity contribution in [2.45, 2.75) is 238 Å². The van der Waals surface area contributed by atoms with E-state index in [-0.39, 0.29) is 18.2 Å². The number of primary amides is 1. The summed E-state index contributed by atoms with van der Waals surface area (Å²) in [5.41, 5.74) is 5.27. The molecule has 77 heavy (non-hydrogen) atoms. The van der Waals surface area contributed by atoms with Crippen molar-refractivity contribution in [1.29, 1.82) is 0 Å². The first-order chi connectivity index (χ1) is 36.2. The zero-order chi connectivity index (χ0) is 58.6. The van der Waals surface area contributed by atoms with Gasteiger partial charge in [-0.25, -0.2) is 0 Å². The monoisotopic (exact) mass is 1100 g/mol. The Morgan fingerprint density at radius 3 is 0.961 bits per heavy atom. The summed E-state index contributed by atoms with van der Waals surface area (Å²) in [6.07, 6.45) is 10.6. The quantitative estimate of drug-likeness (QED) is 0.0384. The average molecular weight is 1100 g/mol. The number of carbonyl (C=O) groups is 13. The standard InChI is InChI=1S/C51H87N9O17/c1-7-9-10-11-12-13-14-15-16-17-18-19-20-21-38(61)60-43(30(3)8-2)51(77)55-32(5)46(72)53-31(4)45(71)54-33(6)47(73)57-35(23-27-40(64)65)49(75)59-37(25-29-42(68)69)50(76)58-36(24-28-41(66)67)48(74)56-34(44(52)70)22-26-39(62)63/h30-37,43H,7-29H2,1-6H3,(H2,52,70)(H,53,72)(H,54,71)(H,55,77)(H,56,74)(H,57,73)(H,58,76)(H,59,75)(H,60,61)(H,62,63)(H,64,65)(H,66,67)(H,68,69)/t30-,31-,32-,33-,34-,35-,36-,37-,43-/m0/s1. The Labute approximate surface area is 450 Å². The molecule has 0 bridgehead atoms. The van der Waals surface area contributed by atoms with Crippen LogP contribution in [0.2, 0.25) is 0 Å². The van der Waals surface area contributed by atoms with Crippen LogP contribution in [0.1, 0.15) is 189 Å². The topological polar surface area (TPSA) is 425 Å². The smallest absolute Gasteiger partial charge is 0.303 e. The van der Waals surface area contributed by atoms with Gasteiger partial charge in [0.1, 0.15) is 48.3 Å². The van der Waals surface area contributed by atoms with Crippen molar-refractivity contribution < 1.29 is 82.8 Å². The minimum Gasteiger partial charge on any atom is -0.481 e. The minimum atomic E-state index is -1.82.